The van der Waals surface area contributed by atoms with Gasteiger partial charge in [0.05, 0.1) is 7.11 Å². The Morgan fingerprint density at radius 2 is 1.81 bits per heavy atom. The Kier molecular flexibility index (Phi) is 5.77. The van der Waals surface area contributed by atoms with E-state index in [2.05, 4.69) is 23.1 Å². The highest BCUT2D eigenvalue weighted by molar-refractivity contribution is 5.39. The van der Waals surface area contributed by atoms with Crippen molar-refractivity contribution in [2.24, 2.45) is 5.92 Å². The van der Waals surface area contributed by atoms with Gasteiger partial charge in [0.25, 0.3) is 0 Å². The fourth-order valence-corrected chi connectivity index (χ4v) is 4.96. The van der Waals surface area contributed by atoms with Gasteiger partial charge in [-0.1, -0.05) is 18.2 Å². The van der Waals surface area contributed by atoms with Gasteiger partial charge in [-0.05, 0) is 104 Å². The smallest absolute Gasteiger partial charge is 0.123 e. The van der Waals surface area contributed by atoms with E-state index in [1.807, 2.05) is 12.1 Å². The third-order valence-corrected chi connectivity index (χ3v) is 6.54. The number of methoxy groups -OCH3 is 1. The molecule has 2 aliphatic rings. The van der Waals surface area contributed by atoms with Crippen molar-refractivity contribution in [2.75, 3.05) is 26.7 Å². The molecule has 1 heterocycles. The van der Waals surface area contributed by atoms with Gasteiger partial charge in [-0.15, -0.1) is 0 Å². The molecule has 0 spiro atoms. The minimum absolute atomic E-state index is 0.148. The number of fused-ring (bicyclic) bond motifs is 1. The van der Waals surface area contributed by atoms with E-state index in [0.717, 1.165) is 30.6 Å². The molecule has 1 saturated heterocycles. The highest BCUT2D eigenvalue weighted by Crippen LogP contribution is 2.42. The standard InChI is InChI=1S/C24H30FNO/c1-27-22-9-10-24-20(17-22)3-2-4-23(24)19-12-15-26(16-13-19)14-11-18-5-7-21(25)8-6-18/h5-10,17,19,23H,2-4,11-16H2,1H3. The van der Waals surface area contributed by atoms with Gasteiger partial charge in [0.15, 0.2) is 0 Å². The Morgan fingerprint density at radius 1 is 1.04 bits per heavy atom. The van der Waals surface area contributed by atoms with Crippen molar-refractivity contribution in [1.29, 1.82) is 0 Å². The molecule has 0 bridgehead atoms. The number of hydrogen-bond acceptors (Lipinski definition) is 2. The lowest BCUT2D eigenvalue weighted by molar-refractivity contribution is 0.164. The normalized spacial score (nSPS) is 21.0. The Bertz CT molecular complexity index is 749. The van der Waals surface area contributed by atoms with Crippen molar-refractivity contribution in [2.45, 2.75) is 44.4 Å². The molecule has 0 N–H and O–H groups in total. The predicted octanol–water partition coefficient (Wildman–Crippen LogP) is 5.21. The average Bonchev–Trinajstić information content (AvgIpc) is 2.73. The molecule has 0 aromatic heterocycles. The largest absolute Gasteiger partial charge is 0.497 e. The maximum Gasteiger partial charge on any atom is 0.123 e. The van der Waals surface area contributed by atoms with Gasteiger partial charge in [0.2, 0.25) is 0 Å². The van der Waals surface area contributed by atoms with Crippen molar-refractivity contribution in [3.63, 3.8) is 0 Å². The SMILES string of the molecule is COc1ccc2c(c1)CCCC2C1CCN(CCc2ccc(F)cc2)CC1. The number of ether oxygens (including phenoxy) is 1. The third kappa shape index (κ3) is 4.35. The van der Waals surface area contributed by atoms with Crippen LogP contribution in [0, 0.1) is 11.7 Å². The number of piperidine rings is 1. The van der Waals surface area contributed by atoms with Gasteiger partial charge >= 0.3 is 0 Å². The van der Waals surface area contributed by atoms with E-state index in [9.17, 15) is 4.39 Å². The first-order valence-corrected chi connectivity index (χ1v) is 10.4. The highest BCUT2D eigenvalue weighted by Gasteiger charge is 2.30. The molecular formula is C24H30FNO. The Balaban J connectivity index is 1.32. The molecule has 2 aromatic carbocycles. The summed E-state index contributed by atoms with van der Waals surface area (Å²) in [6, 6.07) is 13.7. The summed E-state index contributed by atoms with van der Waals surface area (Å²) in [5.41, 5.74) is 4.31. The van der Waals surface area contributed by atoms with Crippen LogP contribution in [-0.4, -0.2) is 31.6 Å². The number of hydrogen-bond donors (Lipinski definition) is 0. The summed E-state index contributed by atoms with van der Waals surface area (Å²) in [5.74, 6) is 2.37. The quantitative estimate of drug-likeness (QED) is 0.719. The van der Waals surface area contributed by atoms with E-state index >= 15 is 0 Å². The van der Waals surface area contributed by atoms with Gasteiger partial charge in [-0.25, -0.2) is 4.39 Å². The van der Waals surface area contributed by atoms with Crippen LogP contribution in [0.1, 0.15) is 48.3 Å². The zero-order valence-electron chi connectivity index (χ0n) is 16.3. The first-order valence-electron chi connectivity index (χ1n) is 10.4. The van der Waals surface area contributed by atoms with Crippen molar-refractivity contribution in [1.82, 2.24) is 4.90 Å². The van der Waals surface area contributed by atoms with Crippen LogP contribution < -0.4 is 4.74 Å². The summed E-state index contributed by atoms with van der Waals surface area (Å²) >= 11 is 0. The van der Waals surface area contributed by atoms with Gasteiger partial charge in [-0.2, -0.15) is 0 Å². The van der Waals surface area contributed by atoms with Crippen molar-refractivity contribution in [3.05, 3.63) is 65.0 Å². The summed E-state index contributed by atoms with van der Waals surface area (Å²) in [6.07, 6.45) is 7.42. The van der Waals surface area contributed by atoms with Crippen LogP contribution in [0.5, 0.6) is 5.75 Å². The van der Waals surface area contributed by atoms with Gasteiger partial charge in [-0.3, -0.25) is 0 Å². The zero-order chi connectivity index (χ0) is 18.6. The van der Waals surface area contributed by atoms with E-state index in [1.165, 1.54) is 56.3 Å². The van der Waals surface area contributed by atoms with Crippen LogP contribution in [0.4, 0.5) is 4.39 Å². The van der Waals surface area contributed by atoms with Crippen LogP contribution in [-0.2, 0) is 12.8 Å². The topological polar surface area (TPSA) is 12.5 Å². The fourth-order valence-electron chi connectivity index (χ4n) is 4.96. The van der Waals surface area contributed by atoms with Crippen LogP contribution in [0.15, 0.2) is 42.5 Å². The number of nitrogens with zero attached hydrogens (tertiary/aromatic N) is 1. The lowest BCUT2D eigenvalue weighted by atomic mass is 9.72. The van der Waals surface area contributed by atoms with Crippen LogP contribution in [0.2, 0.25) is 0 Å². The molecule has 27 heavy (non-hydrogen) atoms. The van der Waals surface area contributed by atoms with E-state index in [1.54, 1.807) is 24.8 Å². The molecule has 144 valence electrons. The van der Waals surface area contributed by atoms with Gasteiger partial charge in [0.1, 0.15) is 11.6 Å². The van der Waals surface area contributed by atoms with Crippen molar-refractivity contribution in [3.8, 4) is 5.75 Å². The molecule has 3 heteroatoms. The molecule has 0 saturated carbocycles. The molecule has 2 nitrogen and oxygen atoms in total. The summed E-state index contributed by atoms with van der Waals surface area (Å²) in [7, 11) is 1.75. The van der Waals surface area contributed by atoms with Gasteiger partial charge in [0, 0.05) is 6.54 Å². The first-order chi connectivity index (χ1) is 13.2. The lowest BCUT2D eigenvalue weighted by Crippen LogP contribution is -2.37. The second kappa shape index (κ2) is 8.43. The summed E-state index contributed by atoms with van der Waals surface area (Å²) in [5, 5.41) is 0. The molecule has 1 aliphatic heterocycles. The van der Waals surface area contributed by atoms with Crippen LogP contribution >= 0.6 is 0 Å². The molecule has 0 amide bonds. The molecular weight excluding hydrogens is 337 g/mol. The third-order valence-electron chi connectivity index (χ3n) is 6.54. The first kappa shape index (κ1) is 18.5. The van der Waals surface area contributed by atoms with Crippen molar-refractivity contribution < 1.29 is 9.13 Å². The molecule has 0 radical (unpaired) electrons. The molecule has 4 rings (SSSR count). The van der Waals surface area contributed by atoms with E-state index in [4.69, 9.17) is 4.74 Å². The molecule has 1 aliphatic carbocycles. The number of likely N-dealkylation sites (tertiary alicyclic amines) is 1. The monoisotopic (exact) mass is 367 g/mol. The molecule has 1 fully saturated rings. The average molecular weight is 368 g/mol. The summed E-state index contributed by atoms with van der Waals surface area (Å²) in [4.78, 5) is 2.58. The highest BCUT2D eigenvalue weighted by atomic mass is 19.1. The molecule has 2 aromatic rings. The lowest BCUT2D eigenvalue weighted by Gasteiger charge is -2.38. The second-order valence-corrected chi connectivity index (χ2v) is 8.12. The number of rotatable bonds is 5. The maximum absolute atomic E-state index is 13.0. The second-order valence-electron chi connectivity index (χ2n) is 8.12. The Labute approximate surface area is 162 Å². The Morgan fingerprint density at radius 3 is 2.56 bits per heavy atom. The van der Waals surface area contributed by atoms with Crippen molar-refractivity contribution >= 4 is 0 Å². The van der Waals surface area contributed by atoms with E-state index in [-0.39, 0.29) is 5.82 Å². The minimum Gasteiger partial charge on any atom is -0.497 e. The minimum atomic E-state index is -0.148. The molecule has 1 atom stereocenters. The fraction of sp³-hybridized carbons (Fsp3) is 0.500. The number of aryl methyl sites for hydroxylation is 1. The number of benzene rings is 2. The van der Waals surface area contributed by atoms with Gasteiger partial charge < -0.3 is 9.64 Å². The maximum atomic E-state index is 13.0. The van der Waals surface area contributed by atoms with Crippen LogP contribution in [0.25, 0.3) is 0 Å². The summed E-state index contributed by atoms with van der Waals surface area (Å²) < 4.78 is 18.4. The Hall–Kier alpha value is -1.87. The number of halogens is 1. The molecule has 1 unspecified atom stereocenters. The van der Waals surface area contributed by atoms with Crippen LogP contribution in [0.3, 0.4) is 0 Å². The van der Waals surface area contributed by atoms with E-state index < -0.39 is 0 Å². The zero-order valence-corrected chi connectivity index (χ0v) is 16.3. The van der Waals surface area contributed by atoms with E-state index in [0.29, 0.717) is 0 Å². The summed E-state index contributed by atoms with van der Waals surface area (Å²) in [6.45, 7) is 3.46. The predicted molar refractivity (Wildman–Crippen MR) is 108 cm³/mol.